The molecule has 0 radical (unpaired) electrons. The number of aryl methyl sites for hydroxylation is 1. The number of nitrogens with zero attached hydrogens (tertiary/aromatic N) is 3. The van der Waals surface area contributed by atoms with E-state index in [1.54, 1.807) is 12.1 Å². The molecule has 1 amide bonds. The van der Waals surface area contributed by atoms with Crippen LogP contribution in [0.1, 0.15) is 25.2 Å². The van der Waals surface area contributed by atoms with Gasteiger partial charge in [0.15, 0.2) is 0 Å². The number of alkyl halides is 3. The minimum atomic E-state index is -4.22. The normalized spacial score (nSPS) is 11.8. The van der Waals surface area contributed by atoms with E-state index in [4.69, 9.17) is 4.52 Å². The number of rotatable bonds is 10. The standard InChI is InChI=1S/C18H22F4N4O2/c1-26(12-18(20,21)22)11-3-10-23-15(27)4-2-5-16-24-17(25-28-16)13-6-8-14(19)9-7-13/h6-9H,2-5,10-12H2,1H3,(H,23,27). The van der Waals surface area contributed by atoms with E-state index < -0.39 is 12.7 Å². The lowest BCUT2D eigenvalue weighted by Crippen LogP contribution is -2.33. The van der Waals surface area contributed by atoms with Crippen LogP contribution in [0.15, 0.2) is 28.8 Å². The summed E-state index contributed by atoms with van der Waals surface area (Å²) in [7, 11) is 1.39. The fraction of sp³-hybridized carbons (Fsp3) is 0.500. The molecule has 1 aromatic heterocycles. The quantitative estimate of drug-likeness (QED) is 0.488. The molecule has 0 saturated carbocycles. The summed E-state index contributed by atoms with van der Waals surface area (Å²) in [5.74, 6) is 0.186. The molecule has 0 fully saturated rings. The molecule has 0 saturated heterocycles. The van der Waals surface area contributed by atoms with Crippen LogP contribution >= 0.6 is 0 Å². The maximum absolute atomic E-state index is 12.9. The second-order valence-electron chi connectivity index (χ2n) is 6.43. The predicted octanol–water partition coefficient (Wildman–Crippen LogP) is 3.20. The highest BCUT2D eigenvalue weighted by Gasteiger charge is 2.28. The number of hydrogen-bond donors (Lipinski definition) is 1. The van der Waals surface area contributed by atoms with E-state index in [1.807, 2.05) is 0 Å². The van der Waals surface area contributed by atoms with Gasteiger partial charge in [0.1, 0.15) is 5.82 Å². The maximum Gasteiger partial charge on any atom is 0.401 e. The minimum absolute atomic E-state index is 0.184. The van der Waals surface area contributed by atoms with Gasteiger partial charge in [-0.25, -0.2) is 4.39 Å². The molecule has 1 N–H and O–H groups in total. The Morgan fingerprint density at radius 2 is 1.93 bits per heavy atom. The summed E-state index contributed by atoms with van der Waals surface area (Å²) in [6, 6.07) is 5.69. The van der Waals surface area contributed by atoms with Gasteiger partial charge >= 0.3 is 6.18 Å². The van der Waals surface area contributed by atoms with Crippen LogP contribution < -0.4 is 5.32 Å². The Bertz CT molecular complexity index is 747. The van der Waals surface area contributed by atoms with E-state index in [0.29, 0.717) is 43.1 Å². The third kappa shape index (κ3) is 8.03. The first-order valence-corrected chi connectivity index (χ1v) is 8.83. The molecule has 0 aliphatic carbocycles. The number of nitrogens with one attached hydrogen (secondary N) is 1. The Balaban J connectivity index is 1.61. The van der Waals surface area contributed by atoms with E-state index in [2.05, 4.69) is 15.5 Å². The molecule has 0 aliphatic heterocycles. The maximum atomic E-state index is 12.9. The first-order valence-electron chi connectivity index (χ1n) is 8.83. The third-order valence-electron chi connectivity index (χ3n) is 3.85. The summed E-state index contributed by atoms with van der Waals surface area (Å²) < 4.78 is 54.6. The van der Waals surface area contributed by atoms with E-state index >= 15 is 0 Å². The summed E-state index contributed by atoms with van der Waals surface area (Å²) in [6.45, 7) is -0.407. The fourth-order valence-electron chi connectivity index (χ4n) is 2.52. The zero-order valence-electron chi connectivity index (χ0n) is 15.4. The molecule has 0 unspecified atom stereocenters. The lowest BCUT2D eigenvalue weighted by Gasteiger charge is -2.18. The Morgan fingerprint density at radius 1 is 1.21 bits per heavy atom. The van der Waals surface area contributed by atoms with Gasteiger partial charge in [0.25, 0.3) is 0 Å². The van der Waals surface area contributed by atoms with Crippen molar-refractivity contribution >= 4 is 5.91 Å². The highest BCUT2D eigenvalue weighted by Crippen LogP contribution is 2.17. The van der Waals surface area contributed by atoms with Gasteiger partial charge in [-0.3, -0.25) is 9.69 Å². The van der Waals surface area contributed by atoms with Crippen LogP contribution in [-0.4, -0.2) is 53.8 Å². The molecule has 1 heterocycles. The van der Waals surface area contributed by atoms with Gasteiger partial charge in [-0.15, -0.1) is 0 Å². The lowest BCUT2D eigenvalue weighted by atomic mass is 10.2. The Hall–Kier alpha value is -2.49. The zero-order valence-corrected chi connectivity index (χ0v) is 15.4. The number of aromatic nitrogens is 2. The van der Waals surface area contributed by atoms with Gasteiger partial charge in [-0.05, 0) is 50.7 Å². The predicted molar refractivity (Wildman–Crippen MR) is 93.8 cm³/mol. The van der Waals surface area contributed by atoms with Crippen molar-refractivity contribution in [1.29, 1.82) is 0 Å². The number of amides is 1. The molecular weight excluding hydrogens is 380 g/mol. The van der Waals surface area contributed by atoms with Gasteiger partial charge in [0.05, 0.1) is 6.54 Å². The van der Waals surface area contributed by atoms with Crippen molar-refractivity contribution < 1.29 is 26.9 Å². The van der Waals surface area contributed by atoms with Crippen LogP contribution in [0.2, 0.25) is 0 Å². The van der Waals surface area contributed by atoms with Crippen LogP contribution in [-0.2, 0) is 11.2 Å². The first kappa shape index (κ1) is 21.8. The fourth-order valence-corrected chi connectivity index (χ4v) is 2.52. The molecule has 6 nitrogen and oxygen atoms in total. The van der Waals surface area contributed by atoms with Crippen LogP contribution in [0.3, 0.4) is 0 Å². The highest BCUT2D eigenvalue weighted by molar-refractivity contribution is 5.75. The Kier molecular flexibility index (Phi) is 7.91. The minimum Gasteiger partial charge on any atom is -0.356 e. The summed E-state index contributed by atoms with van der Waals surface area (Å²) in [6.07, 6.45) is -2.64. The van der Waals surface area contributed by atoms with E-state index in [0.717, 1.165) is 0 Å². The Morgan fingerprint density at radius 3 is 2.61 bits per heavy atom. The monoisotopic (exact) mass is 402 g/mol. The van der Waals surface area contributed by atoms with Crippen molar-refractivity contribution in [2.24, 2.45) is 0 Å². The Labute approximate surface area is 159 Å². The number of hydrogen-bond acceptors (Lipinski definition) is 5. The average molecular weight is 402 g/mol. The molecule has 10 heteroatoms. The number of carbonyl (C=O) groups is 1. The molecule has 2 rings (SSSR count). The molecule has 0 atom stereocenters. The summed E-state index contributed by atoms with van der Waals surface area (Å²) in [5, 5.41) is 6.50. The highest BCUT2D eigenvalue weighted by atomic mass is 19.4. The largest absolute Gasteiger partial charge is 0.401 e. The van der Waals surface area contributed by atoms with Crippen LogP contribution in [0.4, 0.5) is 17.6 Å². The second kappa shape index (κ2) is 10.2. The molecule has 0 bridgehead atoms. The van der Waals surface area contributed by atoms with Crippen LogP contribution in [0, 0.1) is 5.82 Å². The third-order valence-corrected chi connectivity index (χ3v) is 3.85. The van der Waals surface area contributed by atoms with Crippen molar-refractivity contribution in [1.82, 2.24) is 20.4 Å². The van der Waals surface area contributed by atoms with Gasteiger partial charge in [-0.1, -0.05) is 5.16 Å². The summed E-state index contributed by atoms with van der Waals surface area (Å²) in [4.78, 5) is 17.1. The number of halogens is 4. The van der Waals surface area contributed by atoms with Crippen molar-refractivity contribution in [3.63, 3.8) is 0 Å². The van der Waals surface area contributed by atoms with Crippen molar-refractivity contribution in [3.05, 3.63) is 36.0 Å². The van der Waals surface area contributed by atoms with Gasteiger partial charge in [0, 0.05) is 24.9 Å². The van der Waals surface area contributed by atoms with Crippen LogP contribution in [0.5, 0.6) is 0 Å². The summed E-state index contributed by atoms with van der Waals surface area (Å²) in [5.41, 5.74) is 0.629. The molecule has 0 spiro atoms. The van der Waals surface area contributed by atoms with Crippen LogP contribution in [0.25, 0.3) is 11.4 Å². The molecule has 28 heavy (non-hydrogen) atoms. The molecular formula is C18H22F4N4O2. The van der Waals surface area contributed by atoms with Crippen molar-refractivity contribution in [3.8, 4) is 11.4 Å². The molecule has 154 valence electrons. The second-order valence-corrected chi connectivity index (χ2v) is 6.43. The first-order chi connectivity index (χ1) is 13.2. The smallest absolute Gasteiger partial charge is 0.356 e. The van der Waals surface area contributed by atoms with E-state index in [1.165, 1.54) is 24.1 Å². The molecule has 0 aliphatic rings. The van der Waals surface area contributed by atoms with Crippen molar-refractivity contribution in [2.45, 2.75) is 31.9 Å². The van der Waals surface area contributed by atoms with E-state index in [9.17, 15) is 22.4 Å². The van der Waals surface area contributed by atoms with E-state index in [-0.39, 0.29) is 24.7 Å². The van der Waals surface area contributed by atoms with Gasteiger partial charge in [0.2, 0.25) is 17.6 Å². The molecule has 2 aromatic rings. The van der Waals surface area contributed by atoms with Gasteiger partial charge < -0.3 is 9.84 Å². The molecule has 1 aromatic carbocycles. The van der Waals surface area contributed by atoms with Gasteiger partial charge in [-0.2, -0.15) is 18.2 Å². The SMILES string of the molecule is CN(CCCNC(=O)CCCc1nc(-c2ccc(F)cc2)no1)CC(F)(F)F. The number of benzene rings is 1. The number of carbonyl (C=O) groups excluding carboxylic acids is 1. The summed E-state index contributed by atoms with van der Waals surface area (Å²) >= 11 is 0. The average Bonchev–Trinajstić information content (AvgIpc) is 3.07. The zero-order chi connectivity index (χ0) is 20.6. The lowest BCUT2D eigenvalue weighted by molar-refractivity contribution is -0.143. The van der Waals surface area contributed by atoms with Crippen molar-refractivity contribution in [2.75, 3.05) is 26.7 Å². The topological polar surface area (TPSA) is 71.3 Å².